The van der Waals surface area contributed by atoms with Gasteiger partial charge in [-0.15, -0.1) is 0 Å². The fourth-order valence-electron chi connectivity index (χ4n) is 4.40. The summed E-state index contributed by atoms with van der Waals surface area (Å²) in [6, 6.07) is 33.7. The molecule has 4 aromatic carbocycles. The van der Waals surface area contributed by atoms with Crippen molar-refractivity contribution >= 4 is 50.6 Å². The Kier molecular flexibility index (Phi) is 9.21. The van der Waals surface area contributed by atoms with Crippen LogP contribution in [0.4, 0.5) is 0 Å². The Bertz CT molecular complexity index is 1680. The number of nitrogens with zero attached hydrogens (tertiary/aromatic N) is 2. The summed E-state index contributed by atoms with van der Waals surface area (Å²) in [4.78, 5) is 12.8. The molecule has 0 aliphatic rings. The first kappa shape index (κ1) is 28.6. The first-order chi connectivity index (χ1) is 19.9. The lowest BCUT2D eigenvalue weighted by atomic mass is 10.1. The van der Waals surface area contributed by atoms with E-state index in [0.29, 0.717) is 23.7 Å². The molecule has 0 saturated carbocycles. The van der Waals surface area contributed by atoms with Gasteiger partial charge in [0.2, 0.25) is 0 Å². The van der Waals surface area contributed by atoms with Crippen molar-refractivity contribution in [3.63, 3.8) is 0 Å². The Morgan fingerprint density at radius 3 is 2.41 bits per heavy atom. The highest BCUT2D eigenvalue weighted by Gasteiger charge is 2.13. The molecule has 0 radical (unpaired) electrons. The zero-order valence-corrected chi connectivity index (χ0v) is 26.2. The number of nitrogens with one attached hydrogen (secondary N) is 1. The number of amides is 1. The maximum Gasteiger partial charge on any atom is 0.271 e. The van der Waals surface area contributed by atoms with E-state index in [-0.39, 0.29) is 5.91 Å². The standard InChI is InChI=1S/C33H27BrIN3O3/c1-22-8-17-30(25-6-4-3-5-7-25)38(22)28-15-11-26(12-16-28)33(39)37-36-20-24-18-29(34)32(31(19-24)40-2)41-21-23-9-13-27(35)14-10-23/h3-20H,21H2,1-2H3,(H,37,39)/b36-20+. The average molecular weight is 720 g/mol. The summed E-state index contributed by atoms with van der Waals surface area (Å²) >= 11 is 5.85. The number of carbonyl (C=O) groups excluding carboxylic acids is 1. The van der Waals surface area contributed by atoms with Gasteiger partial charge in [0, 0.05) is 20.5 Å². The van der Waals surface area contributed by atoms with Crippen LogP contribution in [0.25, 0.3) is 16.9 Å². The highest BCUT2D eigenvalue weighted by Crippen LogP contribution is 2.37. The molecule has 1 amide bonds. The van der Waals surface area contributed by atoms with Crippen LogP contribution >= 0.6 is 38.5 Å². The second-order valence-electron chi connectivity index (χ2n) is 9.26. The number of methoxy groups -OCH3 is 1. The molecule has 0 atom stereocenters. The number of hydrazone groups is 1. The normalized spacial score (nSPS) is 11.0. The number of benzene rings is 4. The quantitative estimate of drug-likeness (QED) is 0.0950. The molecular formula is C33H27BrIN3O3. The van der Waals surface area contributed by atoms with E-state index in [0.717, 1.165) is 38.2 Å². The van der Waals surface area contributed by atoms with Gasteiger partial charge in [-0.25, -0.2) is 5.43 Å². The molecule has 0 bridgehead atoms. The molecule has 5 aromatic rings. The highest BCUT2D eigenvalue weighted by molar-refractivity contribution is 14.1. The van der Waals surface area contributed by atoms with Crippen LogP contribution in [0.15, 0.2) is 113 Å². The van der Waals surface area contributed by atoms with Crippen molar-refractivity contribution in [1.82, 2.24) is 9.99 Å². The van der Waals surface area contributed by atoms with E-state index in [9.17, 15) is 4.79 Å². The zero-order valence-electron chi connectivity index (χ0n) is 22.5. The zero-order chi connectivity index (χ0) is 28.8. The summed E-state index contributed by atoms with van der Waals surface area (Å²) in [5.41, 5.74) is 9.23. The minimum absolute atomic E-state index is 0.302. The third-order valence-corrected chi connectivity index (χ3v) is 7.77. The smallest absolute Gasteiger partial charge is 0.271 e. The fourth-order valence-corrected chi connectivity index (χ4v) is 5.33. The minimum Gasteiger partial charge on any atom is -0.493 e. The van der Waals surface area contributed by atoms with E-state index >= 15 is 0 Å². The molecule has 0 unspecified atom stereocenters. The van der Waals surface area contributed by atoms with Crippen LogP contribution in [0.1, 0.15) is 27.2 Å². The van der Waals surface area contributed by atoms with Crippen LogP contribution in [0, 0.1) is 10.5 Å². The number of halogens is 2. The van der Waals surface area contributed by atoms with Crippen LogP contribution in [0.5, 0.6) is 11.5 Å². The van der Waals surface area contributed by atoms with Gasteiger partial charge in [0.1, 0.15) is 6.61 Å². The van der Waals surface area contributed by atoms with E-state index in [1.54, 1.807) is 25.5 Å². The number of rotatable bonds is 9. The van der Waals surface area contributed by atoms with E-state index in [1.807, 2.05) is 66.7 Å². The molecule has 1 N–H and O–H groups in total. The largest absolute Gasteiger partial charge is 0.493 e. The third-order valence-electron chi connectivity index (χ3n) is 6.46. The molecule has 0 aliphatic heterocycles. The van der Waals surface area contributed by atoms with Gasteiger partial charge >= 0.3 is 0 Å². The van der Waals surface area contributed by atoms with Gasteiger partial charge in [-0.05, 0) is 123 Å². The van der Waals surface area contributed by atoms with Gasteiger partial charge in [0.15, 0.2) is 11.5 Å². The molecule has 206 valence electrons. The van der Waals surface area contributed by atoms with E-state index in [1.165, 1.54) is 3.57 Å². The minimum atomic E-state index is -0.302. The number of carbonyl (C=O) groups is 1. The summed E-state index contributed by atoms with van der Waals surface area (Å²) in [5.74, 6) is 0.855. The SMILES string of the molecule is COc1cc(/C=N/NC(=O)c2ccc(-n3c(C)ccc3-c3ccccc3)cc2)cc(Br)c1OCc1ccc(I)cc1. The number of hydrogen-bond acceptors (Lipinski definition) is 4. The van der Waals surface area contributed by atoms with Crippen molar-refractivity contribution in [3.05, 3.63) is 134 Å². The summed E-state index contributed by atoms with van der Waals surface area (Å²) in [6.45, 7) is 2.48. The van der Waals surface area contributed by atoms with Gasteiger partial charge in [-0.3, -0.25) is 4.79 Å². The van der Waals surface area contributed by atoms with Gasteiger partial charge in [-0.1, -0.05) is 42.5 Å². The predicted octanol–water partition coefficient (Wildman–Crippen LogP) is 8.17. The molecule has 1 heterocycles. The molecule has 0 spiro atoms. The van der Waals surface area contributed by atoms with E-state index in [4.69, 9.17) is 9.47 Å². The lowest BCUT2D eigenvalue weighted by Crippen LogP contribution is -2.17. The summed E-state index contributed by atoms with van der Waals surface area (Å²) in [7, 11) is 1.59. The van der Waals surface area contributed by atoms with E-state index in [2.05, 4.69) is 84.8 Å². The van der Waals surface area contributed by atoms with Crippen LogP contribution in [-0.4, -0.2) is 23.8 Å². The second kappa shape index (κ2) is 13.2. The summed E-state index contributed by atoms with van der Waals surface area (Å²) in [6.07, 6.45) is 1.57. The predicted molar refractivity (Wildman–Crippen MR) is 175 cm³/mol. The van der Waals surface area contributed by atoms with Crippen molar-refractivity contribution in [1.29, 1.82) is 0 Å². The fraction of sp³-hybridized carbons (Fsp3) is 0.0909. The van der Waals surface area contributed by atoms with Crippen molar-refractivity contribution in [2.45, 2.75) is 13.5 Å². The maximum atomic E-state index is 12.8. The van der Waals surface area contributed by atoms with Gasteiger partial charge in [0.05, 0.1) is 23.5 Å². The Labute approximate surface area is 261 Å². The highest BCUT2D eigenvalue weighted by atomic mass is 127. The van der Waals surface area contributed by atoms with E-state index < -0.39 is 0 Å². The first-order valence-corrected chi connectivity index (χ1v) is 14.7. The third kappa shape index (κ3) is 6.89. The number of aromatic nitrogens is 1. The second-order valence-corrected chi connectivity index (χ2v) is 11.4. The van der Waals surface area contributed by atoms with Crippen LogP contribution in [0.3, 0.4) is 0 Å². The summed E-state index contributed by atoms with van der Waals surface area (Å²) in [5, 5.41) is 4.16. The molecule has 41 heavy (non-hydrogen) atoms. The molecule has 8 heteroatoms. The van der Waals surface area contributed by atoms with Crippen LogP contribution in [0.2, 0.25) is 0 Å². The van der Waals surface area contributed by atoms with Gasteiger partial charge in [0.25, 0.3) is 5.91 Å². The van der Waals surface area contributed by atoms with Crippen molar-refractivity contribution < 1.29 is 14.3 Å². The summed E-state index contributed by atoms with van der Waals surface area (Å²) < 4.78 is 15.6. The first-order valence-electron chi connectivity index (χ1n) is 12.9. The van der Waals surface area contributed by atoms with Gasteiger partial charge in [-0.2, -0.15) is 5.10 Å². The van der Waals surface area contributed by atoms with Crippen molar-refractivity contribution in [2.24, 2.45) is 5.10 Å². The Hall–Kier alpha value is -3.89. The molecule has 6 nitrogen and oxygen atoms in total. The Morgan fingerprint density at radius 2 is 1.71 bits per heavy atom. The monoisotopic (exact) mass is 719 g/mol. The number of hydrogen-bond donors (Lipinski definition) is 1. The topological polar surface area (TPSA) is 64.8 Å². The van der Waals surface area contributed by atoms with Crippen molar-refractivity contribution in [2.75, 3.05) is 7.11 Å². The molecule has 0 aliphatic carbocycles. The van der Waals surface area contributed by atoms with Crippen molar-refractivity contribution in [3.8, 4) is 28.4 Å². The average Bonchev–Trinajstić information content (AvgIpc) is 3.38. The lowest BCUT2D eigenvalue weighted by molar-refractivity contribution is 0.0955. The van der Waals surface area contributed by atoms with Crippen LogP contribution < -0.4 is 14.9 Å². The number of ether oxygens (including phenoxy) is 2. The molecule has 0 fully saturated rings. The number of aryl methyl sites for hydroxylation is 1. The molecule has 1 aromatic heterocycles. The van der Waals surface area contributed by atoms with Crippen LogP contribution in [-0.2, 0) is 6.61 Å². The molecule has 5 rings (SSSR count). The molecule has 0 saturated heterocycles. The molecular weight excluding hydrogens is 693 g/mol. The Morgan fingerprint density at radius 1 is 0.976 bits per heavy atom. The lowest BCUT2D eigenvalue weighted by Gasteiger charge is -2.13. The maximum absolute atomic E-state index is 12.8. The van der Waals surface area contributed by atoms with Gasteiger partial charge < -0.3 is 14.0 Å². The Balaban J connectivity index is 1.25.